The Balaban J connectivity index is 1.52. The van der Waals surface area contributed by atoms with Gasteiger partial charge >= 0.3 is 0 Å². The number of pyridine rings is 1. The van der Waals surface area contributed by atoms with Crippen LogP contribution in [0.15, 0.2) is 128 Å². The van der Waals surface area contributed by atoms with Crippen LogP contribution in [0.4, 0.5) is 0 Å². The predicted octanol–water partition coefficient (Wildman–Crippen LogP) is 8.91. The Morgan fingerprint density at radius 1 is 0.514 bits per heavy atom. The third kappa shape index (κ3) is 3.98. The second-order valence-corrected chi connectivity index (χ2v) is 9.97. The van der Waals surface area contributed by atoms with Gasteiger partial charge in [0.25, 0.3) is 0 Å². The molecule has 0 saturated carbocycles. The van der Waals surface area contributed by atoms with E-state index in [1.54, 1.807) is 11.3 Å². The molecule has 0 unspecified atom stereocenters. The summed E-state index contributed by atoms with van der Waals surface area (Å²) in [6.45, 7) is 0. The van der Waals surface area contributed by atoms with Crippen molar-refractivity contribution in [3.8, 4) is 45.0 Å². The zero-order valence-corrected chi connectivity index (χ0v) is 20.7. The molecule has 7 rings (SSSR count). The number of aromatic nitrogens is 3. The molecule has 0 aliphatic heterocycles. The molecule has 0 spiro atoms. The van der Waals surface area contributed by atoms with Crippen molar-refractivity contribution >= 4 is 31.6 Å². The Morgan fingerprint density at radius 2 is 1.19 bits per heavy atom. The van der Waals surface area contributed by atoms with Crippen LogP contribution in [0.25, 0.3) is 65.3 Å². The van der Waals surface area contributed by atoms with E-state index >= 15 is 0 Å². The van der Waals surface area contributed by atoms with Gasteiger partial charge in [0.1, 0.15) is 0 Å². The molecule has 0 bridgehead atoms. The zero-order chi connectivity index (χ0) is 24.6. The molecule has 0 saturated heterocycles. The molecule has 3 heterocycles. The highest BCUT2D eigenvalue weighted by atomic mass is 32.1. The molecule has 0 radical (unpaired) electrons. The van der Waals surface area contributed by atoms with Crippen LogP contribution in [0.2, 0.25) is 0 Å². The molecule has 0 N–H and O–H groups in total. The van der Waals surface area contributed by atoms with Gasteiger partial charge in [-0.3, -0.25) is 4.98 Å². The monoisotopic (exact) mass is 491 g/mol. The molecule has 3 aromatic heterocycles. The number of thiophene rings is 1. The number of benzene rings is 4. The van der Waals surface area contributed by atoms with Gasteiger partial charge in [0.2, 0.25) is 0 Å². The lowest BCUT2D eigenvalue weighted by atomic mass is 9.97. The van der Waals surface area contributed by atoms with Crippen LogP contribution in [0.1, 0.15) is 0 Å². The van der Waals surface area contributed by atoms with E-state index in [-0.39, 0.29) is 0 Å². The third-order valence-corrected chi connectivity index (χ3v) is 7.69. The fraction of sp³-hybridized carbons (Fsp3) is 0. The Morgan fingerprint density at radius 3 is 1.97 bits per heavy atom. The van der Waals surface area contributed by atoms with Crippen molar-refractivity contribution in [2.24, 2.45) is 0 Å². The van der Waals surface area contributed by atoms with Gasteiger partial charge in [-0.25, -0.2) is 9.97 Å². The van der Waals surface area contributed by atoms with Crippen molar-refractivity contribution in [3.05, 3.63) is 128 Å². The van der Waals surface area contributed by atoms with Crippen molar-refractivity contribution in [1.29, 1.82) is 0 Å². The van der Waals surface area contributed by atoms with Gasteiger partial charge in [0.15, 0.2) is 5.82 Å². The zero-order valence-electron chi connectivity index (χ0n) is 19.9. The molecule has 0 amide bonds. The predicted molar refractivity (Wildman–Crippen MR) is 154 cm³/mol. The minimum absolute atomic E-state index is 0.713. The normalized spacial score (nSPS) is 11.2. The number of hydrogen-bond acceptors (Lipinski definition) is 4. The van der Waals surface area contributed by atoms with Gasteiger partial charge in [-0.15, -0.1) is 11.3 Å². The quantitative estimate of drug-likeness (QED) is 0.247. The van der Waals surface area contributed by atoms with E-state index in [0.717, 1.165) is 54.8 Å². The number of hydrogen-bond donors (Lipinski definition) is 0. The van der Waals surface area contributed by atoms with Crippen LogP contribution in [0.5, 0.6) is 0 Å². The summed E-state index contributed by atoms with van der Waals surface area (Å²) in [6, 6.07) is 41.8. The Bertz CT molecular complexity index is 1800. The summed E-state index contributed by atoms with van der Waals surface area (Å²) in [4.78, 5) is 15.0. The molecule has 37 heavy (non-hydrogen) atoms. The maximum absolute atomic E-state index is 5.19. The smallest absolute Gasteiger partial charge is 0.160 e. The standard InChI is InChI=1S/C33H21N3S/c1-3-11-22(12-4-1)24-19-25(28-16-9-10-18-34-28)21-26(20-24)33-35-30(23-13-5-2-6-14-23)32-31(36-33)27-15-7-8-17-29(27)37-32/h1-21H. The second kappa shape index (κ2) is 9.08. The van der Waals surface area contributed by atoms with Crippen LogP contribution < -0.4 is 0 Å². The average Bonchev–Trinajstić information content (AvgIpc) is 3.36. The van der Waals surface area contributed by atoms with E-state index in [0.29, 0.717) is 5.82 Å². The summed E-state index contributed by atoms with van der Waals surface area (Å²) in [6.07, 6.45) is 1.83. The Hall–Kier alpha value is -4.67. The van der Waals surface area contributed by atoms with Crippen molar-refractivity contribution in [2.45, 2.75) is 0 Å². The highest BCUT2D eigenvalue weighted by molar-refractivity contribution is 7.26. The minimum atomic E-state index is 0.713. The average molecular weight is 492 g/mol. The molecule has 3 nitrogen and oxygen atoms in total. The fourth-order valence-corrected chi connectivity index (χ4v) is 5.90. The van der Waals surface area contributed by atoms with Crippen molar-refractivity contribution < 1.29 is 0 Å². The molecule has 174 valence electrons. The van der Waals surface area contributed by atoms with Crippen molar-refractivity contribution in [1.82, 2.24) is 15.0 Å². The maximum atomic E-state index is 5.19. The lowest BCUT2D eigenvalue weighted by molar-refractivity contribution is 1.24. The summed E-state index contributed by atoms with van der Waals surface area (Å²) in [5.74, 6) is 0.713. The van der Waals surface area contributed by atoms with E-state index in [9.17, 15) is 0 Å². The van der Waals surface area contributed by atoms with E-state index in [1.165, 1.54) is 4.70 Å². The van der Waals surface area contributed by atoms with Crippen LogP contribution >= 0.6 is 11.3 Å². The first-order valence-corrected chi connectivity index (χ1v) is 13.0. The van der Waals surface area contributed by atoms with Crippen molar-refractivity contribution in [2.75, 3.05) is 0 Å². The highest BCUT2D eigenvalue weighted by Gasteiger charge is 2.17. The lowest BCUT2D eigenvalue weighted by Crippen LogP contribution is -1.95. The highest BCUT2D eigenvalue weighted by Crippen LogP contribution is 2.40. The van der Waals surface area contributed by atoms with E-state index in [4.69, 9.17) is 9.97 Å². The summed E-state index contributed by atoms with van der Waals surface area (Å²) in [5, 5.41) is 1.16. The van der Waals surface area contributed by atoms with Gasteiger partial charge < -0.3 is 0 Å². The number of fused-ring (bicyclic) bond motifs is 3. The molecular formula is C33H21N3S. The largest absolute Gasteiger partial charge is 0.256 e. The van der Waals surface area contributed by atoms with Gasteiger partial charge in [-0.2, -0.15) is 0 Å². The second-order valence-electron chi connectivity index (χ2n) is 8.92. The summed E-state index contributed by atoms with van der Waals surface area (Å²) in [7, 11) is 0. The Kier molecular flexibility index (Phi) is 5.30. The van der Waals surface area contributed by atoms with Crippen LogP contribution in [0, 0.1) is 0 Å². The van der Waals surface area contributed by atoms with Gasteiger partial charge in [-0.05, 0) is 47.5 Å². The topological polar surface area (TPSA) is 38.7 Å². The molecule has 4 aromatic carbocycles. The molecule has 0 aliphatic carbocycles. The molecular weight excluding hydrogens is 470 g/mol. The van der Waals surface area contributed by atoms with Crippen LogP contribution in [-0.4, -0.2) is 15.0 Å². The third-order valence-electron chi connectivity index (χ3n) is 6.53. The van der Waals surface area contributed by atoms with Crippen molar-refractivity contribution in [3.63, 3.8) is 0 Å². The first kappa shape index (κ1) is 21.6. The summed E-state index contributed by atoms with van der Waals surface area (Å²) in [5.41, 5.74) is 8.23. The first-order chi connectivity index (χ1) is 18.3. The number of rotatable bonds is 4. The summed E-state index contributed by atoms with van der Waals surface area (Å²) < 4.78 is 2.33. The molecule has 0 aliphatic rings. The van der Waals surface area contributed by atoms with Crippen LogP contribution in [0.3, 0.4) is 0 Å². The first-order valence-electron chi connectivity index (χ1n) is 12.2. The Labute approximate surface area is 218 Å². The molecule has 0 atom stereocenters. The van der Waals surface area contributed by atoms with E-state index in [1.807, 2.05) is 36.5 Å². The van der Waals surface area contributed by atoms with E-state index < -0.39 is 0 Å². The van der Waals surface area contributed by atoms with Gasteiger partial charge in [-0.1, -0.05) is 84.9 Å². The molecule has 4 heteroatoms. The maximum Gasteiger partial charge on any atom is 0.160 e. The SMILES string of the molecule is c1ccc(-c2cc(-c3ccccn3)cc(-c3nc(-c4ccccc4)c4sc5ccccc5c4n3)c2)cc1. The van der Waals surface area contributed by atoms with E-state index in [2.05, 4.69) is 96.0 Å². The number of nitrogens with zero attached hydrogens (tertiary/aromatic N) is 3. The van der Waals surface area contributed by atoms with Gasteiger partial charge in [0.05, 0.1) is 21.6 Å². The van der Waals surface area contributed by atoms with Gasteiger partial charge in [0, 0.05) is 33.0 Å². The molecule has 0 fully saturated rings. The van der Waals surface area contributed by atoms with Crippen LogP contribution in [-0.2, 0) is 0 Å². The minimum Gasteiger partial charge on any atom is -0.256 e. The summed E-state index contributed by atoms with van der Waals surface area (Å²) >= 11 is 1.75. The fourth-order valence-electron chi connectivity index (χ4n) is 4.75. The molecule has 7 aromatic rings. The lowest BCUT2D eigenvalue weighted by Gasteiger charge is -2.11.